The van der Waals surface area contributed by atoms with Gasteiger partial charge in [-0.15, -0.1) is 13.2 Å². The van der Waals surface area contributed by atoms with E-state index in [2.05, 4.69) is 10.1 Å². The average Bonchev–Trinajstić information content (AvgIpc) is 2.48. The molecule has 1 amide bonds. The van der Waals surface area contributed by atoms with Gasteiger partial charge in [0.05, 0.1) is 6.42 Å². The molecule has 0 unspecified atom stereocenters. The van der Waals surface area contributed by atoms with Crippen molar-refractivity contribution in [1.29, 1.82) is 0 Å². The fourth-order valence-corrected chi connectivity index (χ4v) is 2.33. The van der Waals surface area contributed by atoms with Gasteiger partial charge in [0.15, 0.2) is 11.5 Å². The lowest BCUT2D eigenvalue weighted by Gasteiger charge is -2.22. The highest BCUT2D eigenvalue weighted by atomic mass is 19.4. The summed E-state index contributed by atoms with van der Waals surface area (Å²) in [5.74, 6) is -1.28. The van der Waals surface area contributed by atoms with Crippen molar-refractivity contribution in [2.45, 2.75) is 25.6 Å². The van der Waals surface area contributed by atoms with E-state index >= 15 is 0 Å². The standard InChI is InChI=1S/C15H18F3NO4/c16-15(17,18)23-13-7-11(1-2-12(13)20)8-14(21)19-9-10-3-5-22-6-4-10/h1-2,7,10,20H,3-6,8-9H2,(H,19,21). The number of carbonyl (C=O) groups is 1. The Morgan fingerprint density at radius 3 is 2.70 bits per heavy atom. The van der Waals surface area contributed by atoms with Crippen LogP contribution in [0.1, 0.15) is 18.4 Å². The number of nitrogens with one attached hydrogen (secondary N) is 1. The smallest absolute Gasteiger partial charge is 0.504 e. The summed E-state index contributed by atoms with van der Waals surface area (Å²) in [6.45, 7) is 1.87. The van der Waals surface area contributed by atoms with Crippen molar-refractivity contribution < 1.29 is 32.5 Å². The quantitative estimate of drug-likeness (QED) is 0.868. The maximum Gasteiger partial charge on any atom is 0.573 e. The minimum Gasteiger partial charge on any atom is -0.504 e. The third-order valence-electron chi connectivity index (χ3n) is 3.54. The molecule has 0 radical (unpaired) electrons. The van der Waals surface area contributed by atoms with Gasteiger partial charge in [0, 0.05) is 19.8 Å². The van der Waals surface area contributed by atoms with E-state index in [-0.39, 0.29) is 12.3 Å². The zero-order valence-electron chi connectivity index (χ0n) is 12.4. The number of hydrogen-bond acceptors (Lipinski definition) is 4. The van der Waals surface area contributed by atoms with Gasteiger partial charge in [-0.3, -0.25) is 4.79 Å². The normalized spacial score (nSPS) is 16.1. The molecule has 1 aromatic rings. The lowest BCUT2D eigenvalue weighted by molar-refractivity contribution is -0.275. The molecular formula is C15H18F3NO4. The third-order valence-corrected chi connectivity index (χ3v) is 3.54. The number of alkyl halides is 3. The molecule has 0 bridgehead atoms. The van der Waals surface area contributed by atoms with Gasteiger partial charge in [-0.1, -0.05) is 6.07 Å². The number of amides is 1. The number of carbonyl (C=O) groups excluding carboxylic acids is 1. The highest BCUT2D eigenvalue weighted by Crippen LogP contribution is 2.32. The van der Waals surface area contributed by atoms with Crippen LogP contribution in [-0.2, 0) is 16.0 Å². The predicted octanol–water partition coefficient (Wildman–Crippen LogP) is 2.38. The van der Waals surface area contributed by atoms with Crippen LogP contribution in [0.15, 0.2) is 18.2 Å². The molecule has 8 heteroatoms. The number of rotatable bonds is 5. The van der Waals surface area contributed by atoms with E-state index in [9.17, 15) is 23.1 Å². The Labute approximate surface area is 131 Å². The van der Waals surface area contributed by atoms with Gasteiger partial charge in [-0.2, -0.15) is 0 Å². The summed E-state index contributed by atoms with van der Waals surface area (Å²) < 4.78 is 45.6. The fraction of sp³-hybridized carbons (Fsp3) is 0.533. The van der Waals surface area contributed by atoms with Crippen LogP contribution in [0.2, 0.25) is 0 Å². The topological polar surface area (TPSA) is 67.8 Å². The number of ether oxygens (including phenoxy) is 2. The van der Waals surface area contributed by atoms with Gasteiger partial charge in [0.1, 0.15) is 0 Å². The van der Waals surface area contributed by atoms with Crippen LogP contribution < -0.4 is 10.1 Å². The Morgan fingerprint density at radius 1 is 1.35 bits per heavy atom. The molecule has 0 aromatic heterocycles. The summed E-state index contributed by atoms with van der Waals surface area (Å²) in [5.41, 5.74) is 0.325. The maximum absolute atomic E-state index is 12.2. The largest absolute Gasteiger partial charge is 0.573 e. The van der Waals surface area contributed by atoms with E-state index < -0.39 is 17.9 Å². The molecule has 0 aliphatic carbocycles. The van der Waals surface area contributed by atoms with Crippen LogP contribution in [0, 0.1) is 5.92 Å². The van der Waals surface area contributed by atoms with E-state index in [1.807, 2.05) is 0 Å². The van der Waals surface area contributed by atoms with Gasteiger partial charge < -0.3 is 19.9 Å². The molecule has 1 aromatic carbocycles. The van der Waals surface area contributed by atoms with Crippen LogP contribution in [0.4, 0.5) is 13.2 Å². The predicted molar refractivity (Wildman–Crippen MR) is 75.0 cm³/mol. The molecule has 23 heavy (non-hydrogen) atoms. The lowest BCUT2D eigenvalue weighted by Crippen LogP contribution is -2.33. The molecule has 0 atom stereocenters. The van der Waals surface area contributed by atoms with E-state index in [0.29, 0.717) is 31.2 Å². The summed E-state index contributed by atoms with van der Waals surface area (Å²) in [5, 5.41) is 12.1. The fourth-order valence-electron chi connectivity index (χ4n) is 2.33. The van der Waals surface area contributed by atoms with Gasteiger partial charge in [0.2, 0.25) is 5.91 Å². The van der Waals surface area contributed by atoms with Gasteiger partial charge in [-0.05, 0) is 36.5 Å². The monoisotopic (exact) mass is 333 g/mol. The molecule has 2 N–H and O–H groups in total. The van der Waals surface area contributed by atoms with Crippen molar-refractivity contribution in [1.82, 2.24) is 5.32 Å². The summed E-state index contributed by atoms with van der Waals surface area (Å²) >= 11 is 0. The van der Waals surface area contributed by atoms with Crippen LogP contribution in [0.5, 0.6) is 11.5 Å². The summed E-state index contributed by atoms with van der Waals surface area (Å²) in [7, 11) is 0. The van der Waals surface area contributed by atoms with Crippen molar-refractivity contribution in [3.63, 3.8) is 0 Å². The molecule has 1 aliphatic heterocycles. The van der Waals surface area contributed by atoms with E-state index in [0.717, 1.165) is 25.0 Å². The number of phenols is 1. The number of halogens is 3. The first-order chi connectivity index (χ1) is 10.8. The van der Waals surface area contributed by atoms with Crippen LogP contribution in [0.3, 0.4) is 0 Å². The zero-order valence-corrected chi connectivity index (χ0v) is 12.4. The Balaban J connectivity index is 1.88. The zero-order chi connectivity index (χ0) is 16.9. The molecule has 1 aliphatic rings. The number of hydrogen-bond donors (Lipinski definition) is 2. The van der Waals surface area contributed by atoms with Crippen LogP contribution in [-0.4, -0.2) is 37.1 Å². The van der Waals surface area contributed by atoms with Crippen molar-refractivity contribution >= 4 is 5.91 Å². The Morgan fingerprint density at radius 2 is 2.04 bits per heavy atom. The maximum atomic E-state index is 12.2. The van der Waals surface area contributed by atoms with Crippen LogP contribution in [0.25, 0.3) is 0 Å². The Hall–Kier alpha value is -1.96. The molecule has 0 spiro atoms. The first kappa shape index (κ1) is 17.4. The first-order valence-corrected chi connectivity index (χ1v) is 7.25. The van der Waals surface area contributed by atoms with Crippen molar-refractivity contribution in [3.05, 3.63) is 23.8 Å². The van der Waals surface area contributed by atoms with Crippen molar-refractivity contribution in [2.75, 3.05) is 19.8 Å². The highest BCUT2D eigenvalue weighted by molar-refractivity contribution is 5.78. The summed E-state index contributed by atoms with van der Waals surface area (Å²) in [4.78, 5) is 11.9. The molecule has 0 saturated carbocycles. The number of phenolic OH excluding ortho intramolecular Hbond substituents is 1. The number of aromatic hydroxyl groups is 1. The molecule has 5 nitrogen and oxygen atoms in total. The Bertz CT molecular complexity index is 542. The summed E-state index contributed by atoms with van der Waals surface area (Å²) in [6.07, 6.45) is -3.23. The van der Waals surface area contributed by atoms with E-state index in [1.54, 1.807) is 0 Å². The molecule has 1 heterocycles. The highest BCUT2D eigenvalue weighted by Gasteiger charge is 2.32. The van der Waals surface area contributed by atoms with E-state index in [1.165, 1.54) is 6.07 Å². The molecule has 2 rings (SSSR count). The second-order valence-corrected chi connectivity index (χ2v) is 5.39. The van der Waals surface area contributed by atoms with Gasteiger partial charge in [-0.25, -0.2) is 0 Å². The molecule has 128 valence electrons. The molecule has 1 saturated heterocycles. The van der Waals surface area contributed by atoms with Crippen molar-refractivity contribution in [2.24, 2.45) is 5.92 Å². The number of benzene rings is 1. The van der Waals surface area contributed by atoms with Gasteiger partial charge in [0.25, 0.3) is 0 Å². The van der Waals surface area contributed by atoms with E-state index in [4.69, 9.17) is 4.74 Å². The van der Waals surface area contributed by atoms with Crippen LogP contribution >= 0.6 is 0 Å². The molecule has 1 fully saturated rings. The van der Waals surface area contributed by atoms with Crippen molar-refractivity contribution in [3.8, 4) is 11.5 Å². The lowest BCUT2D eigenvalue weighted by atomic mass is 10.0. The first-order valence-electron chi connectivity index (χ1n) is 7.25. The minimum absolute atomic E-state index is 0.0856. The Kier molecular flexibility index (Phi) is 5.70. The average molecular weight is 333 g/mol. The van der Waals surface area contributed by atoms with Gasteiger partial charge >= 0.3 is 6.36 Å². The molecular weight excluding hydrogens is 315 g/mol. The second-order valence-electron chi connectivity index (χ2n) is 5.39. The SMILES string of the molecule is O=C(Cc1ccc(O)c(OC(F)(F)F)c1)NCC1CCOCC1. The third kappa shape index (κ3) is 5.97. The summed E-state index contributed by atoms with van der Waals surface area (Å²) in [6, 6.07) is 3.46. The second kappa shape index (κ2) is 7.54. The minimum atomic E-state index is -4.90.